The maximum atomic E-state index is 12.6. The number of halogens is 2. The summed E-state index contributed by atoms with van der Waals surface area (Å²) < 4.78 is 0.843. The van der Waals surface area contributed by atoms with E-state index in [4.69, 9.17) is 16.7 Å². The second-order valence-electron chi connectivity index (χ2n) is 4.78. The van der Waals surface area contributed by atoms with Gasteiger partial charge in [-0.3, -0.25) is 4.79 Å². The summed E-state index contributed by atoms with van der Waals surface area (Å²) in [6.07, 6.45) is 3.86. The number of benzene rings is 1. The molecule has 0 saturated heterocycles. The van der Waals surface area contributed by atoms with Crippen LogP contribution in [0.15, 0.2) is 22.7 Å². The highest BCUT2D eigenvalue weighted by molar-refractivity contribution is 9.10. The van der Waals surface area contributed by atoms with E-state index < -0.39 is 0 Å². The van der Waals surface area contributed by atoms with Crippen molar-refractivity contribution in [3.63, 3.8) is 0 Å². The molecule has 0 unspecified atom stereocenters. The van der Waals surface area contributed by atoms with Crippen molar-refractivity contribution in [2.75, 3.05) is 13.2 Å². The normalized spacial score (nSPS) is 15.1. The van der Waals surface area contributed by atoms with Gasteiger partial charge in [-0.05, 0) is 43.9 Å². The van der Waals surface area contributed by atoms with Crippen LogP contribution >= 0.6 is 27.5 Å². The molecule has 1 fully saturated rings. The monoisotopic (exact) mass is 345 g/mol. The predicted octanol–water partition coefficient (Wildman–Crippen LogP) is 3.48. The van der Waals surface area contributed by atoms with Gasteiger partial charge in [0.2, 0.25) is 0 Å². The van der Waals surface area contributed by atoms with Gasteiger partial charge < -0.3 is 10.0 Å². The van der Waals surface area contributed by atoms with E-state index in [1.54, 1.807) is 12.1 Å². The van der Waals surface area contributed by atoms with Crippen LogP contribution in [0.1, 0.15) is 36.0 Å². The van der Waals surface area contributed by atoms with Gasteiger partial charge in [0.05, 0.1) is 10.6 Å². The Labute approximate surface area is 126 Å². The number of rotatable bonds is 5. The third-order valence-electron chi connectivity index (χ3n) is 3.49. The van der Waals surface area contributed by atoms with E-state index in [-0.39, 0.29) is 12.5 Å². The Morgan fingerprint density at radius 3 is 2.79 bits per heavy atom. The number of hydrogen-bond donors (Lipinski definition) is 1. The average molecular weight is 347 g/mol. The fourth-order valence-corrected chi connectivity index (χ4v) is 2.76. The Kier molecular flexibility index (Phi) is 5.25. The zero-order valence-corrected chi connectivity index (χ0v) is 13.0. The fraction of sp³-hybridized carbons (Fsp3) is 0.500. The molecule has 5 heteroatoms. The topological polar surface area (TPSA) is 40.5 Å². The van der Waals surface area contributed by atoms with Gasteiger partial charge >= 0.3 is 0 Å². The summed E-state index contributed by atoms with van der Waals surface area (Å²) in [5, 5.41) is 9.44. The lowest BCUT2D eigenvalue weighted by Crippen LogP contribution is -2.45. The molecule has 3 nitrogen and oxygen atoms in total. The minimum absolute atomic E-state index is 0.0375. The first kappa shape index (κ1) is 14.8. The van der Waals surface area contributed by atoms with Gasteiger partial charge in [0.25, 0.3) is 5.91 Å². The number of hydrogen-bond acceptors (Lipinski definition) is 2. The van der Waals surface area contributed by atoms with Crippen molar-refractivity contribution in [2.45, 2.75) is 31.7 Å². The molecule has 0 aromatic heterocycles. The van der Waals surface area contributed by atoms with E-state index in [2.05, 4.69) is 15.9 Å². The predicted molar refractivity (Wildman–Crippen MR) is 79.5 cm³/mol. The first-order valence-corrected chi connectivity index (χ1v) is 7.67. The fourth-order valence-electron chi connectivity index (χ4n) is 2.21. The van der Waals surface area contributed by atoms with Crippen LogP contribution in [0.4, 0.5) is 0 Å². The van der Waals surface area contributed by atoms with E-state index in [9.17, 15) is 4.79 Å². The van der Waals surface area contributed by atoms with Crippen LogP contribution in [0.25, 0.3) is 0 Å². The minimum atomic E-state index is -0.0375. The lowest BCUT2D eigenvalue weighted by atomic mass is 9.90. The van der Waals surface area contributed by atoms with Gasteiger partial charge in [-0.1, -0.05) is 27.5 Å². The van der Waals surface area contributed by atoms with E-state index in [0.29, 0.717) is 29.6 Å². The third-order valence-corrected chi connectivity index (χ3v) is 4.32. The van der Waals surface area contributed by atoms with E-state index >= 15 is 0 Å². The van der Waals surface area contributed by atoms with Crippen LogP contribution in [-0.2, 0) is 0 Å². The van der Waals surface area contributed by atoms with E-state index in [0.717, 1.165) is 17.3 Å². The zero-order chi connectivity index (χ0) is 13.8. The summed E-state index contributed by atoms with van der Waals surface area (Å²) >= 11 is 9.48. The van der Waals surface area contributed by atoms with Gasteiger partial charge in [-0.15, -0.1) is 0 Å². The number of amides is 1. The van der Waals surface area contributed by atoms with Crippen LogP contribution in [0.2, 0.25) is 5.02 Å². The van der Waals surface area contributed by atoms with Crippen molar-refractivity contribution >= 4 is 33.4 Å². The molecule has 2 rings (SSSR count). The highest BCUT2D eigenvalue weighted by atomic mass is 79.9. The third kappa shape index (κ3) is 3.50. The van der Waals surface area contributed by atoms with Crippen molar-refractivity contribution in [1.29, 1.82) is 0 Å². The van der Waals surface area contributed by atoms with Crippen LogP contribution in [0, 0.1) is 0 Å². The van der Waals surface area contributed by atoms with Crippen LogP contribution in [-0.4, -0.2) is 35.1 Å². The molecule has 1 amide bonds. The second kappa shape index (κ2) is 6.73. The molecule has 1 N–H and O–H groups in total. The Morgan fingerprint density at radius 1 is 1.47 bits per heavy atom. The molecule has 19 heavy (non-hydrogen) atoms. The molecular weight excluding hydrogens is 330 g/mol. The maximum Gasteiger partial charge on any atom is 0.255 e. The van der Waals surface area contributed by atoms with Crippen LogP contribution in [0.3, 0.4) is 0 Å². The maximum absolute atomic E-state index is 12.6. The van der Waals surface area contributed by atoms with Crippen LogP contribution < -0.4 is 0 Å². The van der Waals surface area contributed by atoms with Crippen molar-refractivity contribution in [3.05, 3.63) is 33.3 Å². The van der Waals surface area contributed by atoms with Gasteiger partial charge in [0.1, 0.15) is 0 Å². The van der Waals surface area contributed by atoms with Gasteiger partial charge in [-0.2, -0.15) is 0 Å². The summed E-state index contributed by atoms with van der Waals surface area (Å²) in [7, 11) is 0. The molecule has 0 bridgehead atoms. The highest BCUT2D eigenvalue weighted by Crippen LogP contribution is 2.29. The lowest BCUT2D eigenvalue weighted by Gasteiger charge is -2.37. The quantitative estimate of drug-likeness (QED) is 0.887. The van der Waals surface area contributed by atoms with Crippen LogP contribution in [0.5, 0.6) is 0 Å². The number of nitrogens with zero attached hydrogens (tertiary/aromatic N) is 1. The SMILES string of the molecule is O=C(c1cc(Br)ccc1Cl)N(CCCO)C1CCC1. The lowest BCUT2D eigenvalue weighted by molar-refractivity contribution is 0.0562. The van der Waals surface area contributed by atoms with E-state index in [1.165, 1.54) is 6.42 Å². The average Bonchev–Trinajstić information content (AvgIpc) is 2.34. The summed E-state index contributed by atoms with van der Waals surface area (Å²) in [5.74, 6) is -0.0375. The summed E-state index contributed by atoms with van der Waals surface area (Å²) in [6, 6.07) is 5.61. The minimum Gasteiger partial charge on any atom is -0.396 e. The molecular formula is C14H17BrClNO2. The van der Waals surface area contributed by atoms with Gasteiger partial charge in [0.15, 0.2) is 0 Å². The summed E-state index contributed by atoms with van der Waals surface area (Å²) in [5.41, 5.74) is 0.529. The Morgan fingerprint density at radius 2 is 2.21 bits per heavy atom. The molecule has 0 aliphatic heterocycles. The van der Waals surface area contributed by atoms with Crippen molar-refractivity contribution in [1.82, 2.24) is 4.90 Å². The largest absolute Gasteiger partial charge is 0.396 e. The Balaban J connectivity index is 2.19. The smallest absolute Gasteiger partial charge is 0.255 e. The number of aliphatic hydroxyl groups excluding tert-OH is 1. The molecule has 0 atom stereocenters. The first-order valence-electron chi connectivity index (χ1n) is 6.50. The highest BCUT2D eigenvalue weighted by Gasteiger charge is 2.29. The second-order valence-corrected chi connectivity index (χ2v) is 6.11. The molecule has 1 aromatic carbocycles. The van der Waals surface area contributed by atoms with Crippen molar-refractivity contribution in [2.24, 2.45) is 0 Å². The summed E-state index contributed by atoms with van der Waals surface area (Å²) in [6.45, 7) is 0.686. The number of carbonyl (C=O) groups excluding carboxylic acids is 1. The van der Waals surface area contributed by atoms with Gasteiger partial charge in [0, 0.05) is 23.7 Å². The van der Waals surface area contributed by atoms with Crippen molar-refractivity contribution in [3.8, 4) is 0 Å². The molecule has 1 saturated carbocycles. The number of carbonyl (C=O) groups is 1. The summed E-state index contributed by atoms with van der Waals surface area (Å²) in [4.78, 5) is 14.5. The van der Waals surface area contributed by atoms with E-state index in [1.807, 2.05) is 11.0 Å². The molecule has 1 aliphatic rings. The molecule has 104 valence electrons. The molecule has 1 aliphatic carbocycles. The standard InChI is InChI=1S/C14H17BrClNO2/c15-10-5-6-13(16)12(9-10)14(19)17(7-2-8-18)11-3-1-4-11/h5-6,9,11,18H,1-4,7-8H2. The molecule has 0 heterocycles. The first-order chi connectivity index (χ1) is 9.13. The Bertz CT molecular complexity index is 463. The van der Waals surface area contributed by atoms with Gasteiger partial charge in [-0.25, -0.2) is 0 Å². The zero-order valence-electron chi connectivity index (χ0n) is 10.6. The molecule has 0 radical (unpaired) electrons. The molecule has 1 aromatic rings. The van der Waals surface area contributed by atoms with Crippen molar-refractivity contribution < 1.29 is 9.90 Å². The number of aliphatic hydroxyl groups is 1. The molecule has 0 spiro atoms. The Hall–Kier alpha value is -0.580.